The molecule has 0 aromatic carbocycles. The lowest BCUT2D eigenvalue weighted by Crippen LogP contribution is -1.98. The Bertz CT molecular complexity index is 206. The Morgan fingerprint density at radius 2 is 2.56 bits per heavy atom. The molecule has 1 heterocycles. The Balaban J connectivity index is 3.01. The molecule has 0 aliphatic rings. The maximum atomic E-state index is 5.53. The fourth-order valence-corrected chi connectivity index (χ4v) is 0.855. The number of aryl methyl sites for hydroxylation is 1. The molecular formula is C5H8ClN3. The van der Waals surface area contributed by atoms with Gasteiger partial charge in [0.05, 0.1) is 0 Å². The van der Waals surface area contributed by atoms with Gasteiger partial charge >= 0.3 is 0 Å². The van der Waals surface area contributed by atoms with E-state index in [1.807, 2.05) is 6.92 Å². The van der Waals surface area contributed by atoms with Crippen molar-refractivity contribution < 1.29 is 0 Å². The summed E-state index contributed by atoms with van der Waals surface area (Å²) in [7, 11) is 0. The highest BCUT2D eigenvalue weighted by molar-refractivity contribution is 6.29. The second-order valence-electron chi connectivity index (χ2n) is 1.71. The first-order valence-corrected chi connectivity index (χ1v) is 3.10. The third-order valence-corrected chi connectivity index (χ3v) is 1.30. The van der Waals surface area contributed by atoms with Gasteiger partial charge in [-0.2, -0.15) is 0 Å². The fraction of sp³-hybridized carbons (Fsp3) is 0.400. The van der Waals surface area contributed by atoms with Crippen molar-refractivity contribution in [1.29, 1.82) is 0 Å². The van der Waals surface area contributed by atoms with Crippen LogP contribution in [0.3, 0.4) is 0 Å². The molecule has 0 atom stereocenters. The number of nitrogen functional groups attached to an aromatic ring is 1. The Hall–Kier alpha value is -0.700. The minimum absolute atomic E-state index is 0.453. The van der Waals surface area contributed by atoms with E-state index in [4.69, 9.17) is 17.3 Å². The molecule has 0 saturated carbocycles. The van der Waals surface area contributed by atoms with Crippen molar-refractivity contribution in [3.8, 4) is 0 Å². The zero-order valence-corrected chi connectivity index (χ0v) is 5.89. The van der Waals surface area contributed by atoms with Gasteiger partial charge in [-0.1, -0.05) is 11.6 Å². The van der Waals surface area contributed by atoms with Crippen molar-refractivity contribution in [3.05, 3.63) is 11.3 Å². The van der Waals surface area contributed by atoms with Crippen molar-refractivity contribution >= 4 is 17.5 Å². The Morgan fingerprint density at radius 1 is 1.89 bits per heavy atom. The molecule has 1 aromatic rings. The summed E-state index contributed by atoms with van der Waals surface area (Å²) in [5.41, 5.74) is 5.42. The van der Waals surface area contributed by atoms with Gasteiger partial charge in [0.25, 0.3) is 0 Å². The molecule has 2 N–H and O–H groups in total. The molecule has 1 rings (SSSR count). The maximum absolute atomic E-state index is 5.53. The van der Waals surface area contributed by atoms with Crippen molar-refractivity contribution in [1.82, 2.24) is 9.55 Å². The standard InChI is InChI=1S/C5H8ClN3/c1-2-9-3-4(6)8-5(9)7/h3H,2H2,1H3,(H2,7,8). The minimum atomic E-state index is 0.453. The Labute approximate surface area is 58.4 Å². The monoisotopic (exact) mass is 145 g/mol. The van der Waals surface area contributed by atoms with Crippen molar-refractivity contribution in [2.45, 2.75) is 13.5 Å². The lowest BCUT2D eigenvalue weighted by molar-refractivity contribution is 0.774. The average molecular weight is 146 g/mol. The molecule has 0 saturated heterocycles. The first-order valence-electron chi connectivity index (χ1n) is 2.72. The summed E-state index contributed by atoms with van der Waals surface area (Å²) < 4.78 is 1.78. The second-order valence-corrected chi connectivity index (χ2v) is 2.10. The first kappa shape index (κ1) is 6.42. The third-order valence-electron chi connectivity index (χ3n) is 1.12. The number of nitrogens with two attached hydrogens (primary N) is 1. The summed E-state index contributed by atoms with van der Waals surface area (Å²) in [5.74, 6) is 0.475. The zero-order valence-electron chi connectivity index (χ0n) is 5.13. The van der Waals surface area contributed by atoms with Crippen LogP contribution in [0.2, 0.25) is 5.15 Å². The smallest absolute Gasteiger partial charge is 0.201 e. The number of hydrogen-bond acceptors (Lipinski definition) is 2. The van der Waals surface area contributed by atoms with E-state index >= 15 is 0 Å². The van der Waals surface area contributed by atoms with Gasteiger partial charge in [0.1, 0.15) is 5.15 Å². The average Bonchev–Trinajstić information content (AvgIpc) is 2.10. The van der Waals surface area contributed by atoms with Crippen LogP contribution in [0.1, 0.15) is 6.92 Å². The van der Waals surface area contributed by atoms with Gasteiger partial charge in [0.15, 0.2) is 0 Å². The molecule has 0 radical (unpaired) electrons. The summed E-state index contributed by atoms with van der Waals surface area (Å²) in [5, 5.41) is 0.453. The zero-order chi connectivity index (χ0) is 6.85. The summed E-state index contributed by atoms with van der Waals surface area (Å²) in [6, 6.07) is 0. The molecule has 9 heavy (non-hydrogen) atoms. The predicted molar refractivity (Wildman–Crippen MR) is 37.3 cm³/mol. The van der Waals surface area contributed by atoms with Gasteiger partial charge in [-0.25, -0.2) is 4.98 Å². The van der Waals surface area contributed by atoms with E-state index in [1.54, 1.807) is 10.8 Å². The summed E-state index contributed by atoms with van der Waals surface area (Å²) >= 11 is 5.53. The van der Waals surface area contributed by atoms with Crippen LogP contribution in [0.5, 0.6) is 0 Å². The van der Waals surface area contributed by atoms with E-state index in [-0.39, 0.29) is 0 Å². The predicted octanol–water partition coefficient (Wildman–Crippen LogP) is 1.14. The largest absolute Gasteiger partial charge is 0.369 e. The normalized spacial score (nSPS) is 10.0. The van der Waals surface area contributed by atoms with Crippen LogP contribution in [0.4, 0.5) is 5.95 Å². The van der Waals surface area contributed by atoms with Gasteiger partial charge in [0, 0.05) is 12.7 Å². The highest BCUT2D eigenvalue weighted by Gasteiger charge is 1.97. The Kier molecular flexibility index (Phi) is 1.62. The highest BCUT2D eigenvalue weighted by atomic mass is 35.5. The number of rotatable bonds is 1. The van der Waals surface area contributed by atoms with Crippen LogP contribution in [-0.4, -0.2) is 9.55 Å². The molecule has 1 aromatic heterocycles. The highest BCUT2D eigenvalue weighted by Crippen LogP contribution is 2.08. The molecule has 3 nitrogen and oxygen atoms in total. The van der Waals surface area contributed by atoms with E-state index < -0.39 is 0 Å². The molecule has 0 aliphatic carbocycles. The van der Waals surface area contributed by atoms with E-state index in [9.17, 15) is 0 Å². The SMILES string of the molecule is CCn1cc(Cl)nc1N. The van der Waals surface area contributed by atoms with E-state index in [0.29, 0.717) is 11.1 Å². The van der Waals surface area contributed by atoms with Crippen molar-refractivity contribution in [2.24, 2.45) is 0 Å². The Morgan fingerprint density at radius 3 is 2.78 bits per heavy atom. The van der Waals surface area contributed by atoms with Gasteiger partial charge in [-0.15, -0.1) is 0 Å². The summed E-state index contributed by atoms with van der Waals surface area (Å²) in [6.45, 7) is 2.79. The third kappa shape index (κ3) is 1.16. The second kappa shape index (κ2) is 2.27. The molecule has 4 heteroatoms. The van der Waals surface area contributed by atoms with Crippen molar-refractivity contribution in [2.75, 3.05) is 5.73 Å². The van der Waals surface area contributed by atoms with E-state index in [1.165, 1.54) is 0 Å². The maximum Gasteiger partial charge on any atom is 0.201 e. The number of nitrogens with zero attached hydrogens (tertiary/aromatic N) is 2. The van der Waals surface area contributed by atoms with Crippen LogP contribution in [0.15, 0.2) is 6.20 Å². The van der Waals surface area contributed by atoms with E-state index in [0.717, 1.165) is 6.54 Å². The summed E-state index contributed by atoms with van der Waals surface area (Å²) in [4.78, 5) is 3.79. The van der Waals surface area contributed by atoms with Crippen LogP contribution in [-0.2, 0) is 6.54 Å². The van der Waals surface area contributed by atoms with Gasteiger partial charge in [-0.05, 0) is 6.92 Å². The molecule has 0 fully saturated rings. The molecule has 50 valence electrons. The van der Waals surface area contributed by atoms with Crippen LogP contribution in [0.25, 0.3) is 0 Å². The number of hydrogen-bond donors (Lipinski definition) is 1. The first-order chi connectivity index (χ1) is 4.24. The fourth-order valence-electron chi connectivity index (χ4n) is 0.651. The summed E-state index contributed by atoms with van der Waals surface area (Å²) in [6.07, 6.45) is 1.71. The van der Waals surface area contributed by atoms with Gasteiger partial charge < -0.3 is 10.3 Å². The van der Waals surface area contributed by atoms with Crippen molar-refractivity contribution in [3.63, 3.8) is 0 Å². The molecule has 0 amide bonds. The lowest BCUT2D eigenvalue weighted by Gasteiger charge is -1.94. The molecule has 0 bridgehead atoms. The van der Waals surface area contributed by atoms with Gasteiger partial charge in [0.2, 0.25) is 5.95 Å². The van der Waals surface area contributed by atoms with Crippen LogP contribution < -0.4 is 5.73 Å². The van der Waals surface area contributed by atoms with Crippen LogP contribution >= 0.6 is 11.6 Å². The minimum Gasteiger partial charge on any atom is -0.369 e. The van der Waals surface area contributed by atoms with Crippen LogP contribution in [0, 0.1) is 0 Å². The molecule has 0 aliphatic heterocycles. The topological polar surface area (TPSA) is 43.8 Å². The number of halogens is 1. The molecule has 0 unspecified atom stereocenters. The van der Waals surface area contributed by atoms with E-state index in [2.05, 4.69) is 4.98 Å². The quantitative estimate of drug-likeness (QED) is 0.644. The molecule has 0 spiro atoms. The number of aromatic nitrogens is 2. The lowest BCUT2D eigenvalue weighted by atomic mass is 10.7. The molecular weight excluding hydrogens is 138 g/mol. The number of imidazole rings is 1. The number of anilines is 1. The van der Waals surface area contributed by atoms with Gasteiger partial charge in [-0.3, -0.25) is 0 Å².